The number of phenols is 1. The number of allylic oxidation sites excluding steroid dienone is 3. The van der Waals surface area contributed by atoms with Crippen LogP contribution in [0.2, 0.25) is 0 Å². The number of alkyl halides is 3. The van der Waals surface area contributed by atoms with Gasteiger partial charge in [0, 0.05) is 23.8 Å². The lowest BCUT2D eigenvalue weighted by molar-refractivity contribution is -0.137. The van der Waals surface area contributed by atoms with Crippen molar-refractivity contribution in [3.8, 4) is 17.6 Å². The van der Waals surface area contributed by atoms with Crippen LogP contribution in [0.3, 0.4) is 0 Å². The van der Waals surface area contributed by atoms with Crippen LogP contribution >= 0.6 is 0 Å². The Balaban J connectivity index is 1.72. The molecule has 3 rings (SSSR count). The third-order valence-electron chi connectivity index (χ3n) is 5.20. The molecule has 0 atom stereocenters. The molecule has 0 amide bonds. The fraction of sp³-hybridized carbons (Fsp3) is 0.259. The quantitative estimate of drug-likeness (QED) is 0.368. The molecule has 0 radical (unpaired) electrons. The number of hydrogen-bond donors (Lipinski definition) is 2. The van der Waals surface area contributed by atoms with Crippen LogP contribution in [0, 0.1) is 11.8 Å². The van der Waals surface area contributed by atoms with Gasteiger partial charge >= 0.3 is 12.1 Å². The zero-order valence-electron chi connectivity index (χ0n) is 18.8. The summed E-state index contributed by atoms with van der Waals surface area (Å²) >= 11 is 0. The van der Waals surface area contributed by atoms with Gasteiger partial charge in [0.25, 0.3) is 0 Å². The van der Waals surface area contributed by atoms with Crippen molar-refractivity contribution in [3.63, 3.8) is 0 Å². The summed E-state index contributed by atoms with van der Waals surface area (Å²) in [5, 5.41) is 18.8. The molecule has 8 heteroatoms. The molecular weight excluding hydrogens is 459 g/mol. The van der Waals surface area contributed by atoms with E-state index >= 15 is 0 Å². The molecule has 0 spiro atoms. The summed E-state index contributed by atoms with van der Waals surface area (Å²) in [6, 6.07) is 7.24. The lowest BCUT2D eigenvalue weighted by Gasteiger charge is -2.11. The Morgan fingerprint density at radius 1 is 1.09 bits per heavy atom. The number of phenolic OH excluding ortho intramolecular Hbond substituents is 1. The Labute approximate surface area is 201 Å². The molecule has 1 aliphatic heterocycles. The number of carboxylic acid groups (broad SMARTS) is 1. The SMILES string of the molecule is O=C(O)c1ccc(C#Cc2ccc(O)cc2C(F)(F)F)c(CCCCOC2=CN=CC=CCC2)c1. The van der Waals surface area contributed by atoms with E-state index in [1.54, 1.807) is 12.4 Å². The van der Waals surface area contributed by atoms with E-state index in [4.69, 9.17) is 4.74 Å². The molecule has 1 heterocycles. The zero-order valence-corrected chi connectivity index (χ0v) is 18.8. The highest BCUT2D eigenvalue weighted by molar-refractivity contribution is 5.88. The van der Waals surface area contributed by atoms with Gasteiger partial charge in [-0.3, -0.25) is 4.99 Å². The first-order chi connectivity index (χ1) is 16.7. The highest BCUT2D eigenvalue weighted by Crippen LogP contribution is 2.33. The molecular formula is C27H24F3NO4. The van der Waals surface area contributed by atoms with Gasteiger partial charge in [-0.15, -0.1) is 0 Å². The van der Waals surface area contributed by atoms with Gasteiger partial charge in [0.2, 0.25) is 0 Å². The summed E-state index contributed by atoms with van der Waals surface area (Å²) in [5.41, 5.74) is -0.158. The molecule has 0 bridgehead atoms. The van der Waals surface area contributed by atoms with Crippen molar-refractivity contribution < 1.29 is 32.9 Å². The first kappa shape index (κ1) is 25.6. The number of benzene rings is 2. The van der Waals surface area contributed by atoms with Crippen LogP contribution in [0.5, 0.6) is 5.75 Å². The fourth-order valence-electron chi connectivity index (χ4n) is 3.42. The summed E-state index contributed by atoms with van der Waals surface area (Å²) in [6.45, 7) is 0.465. The van der Waals surface area contributed by atoms with Crippen molar-refractivity contribution in [1.82, 2.24) is 0 Å². The summed E-state index contributed by atoms with van der Waals surface area (Å²) in [7, 11) is 0. The molecule has 0 fully saturated rings. The van der Waals surface area contributed by atoms with E-state index in [-0.39, 0.29) is 11.1 Å². The maximum atomic E-state index is 13.3. The predicted molar refractivity (Wildman–Crippen MR) is 126 cm³/mol. The van der Waals surface area contributed by atoms with Crippen LogP contribution in [0.25, 0.3) is 0 Å². The molecule has 0 aromatic heterocycles. The van der Waals surface area contributed by atoms with Crippen LogP contribution < -0.4 is 0 Å². The van der Waals surface area contributed by atoms with E-state index in [1.165, 1.54) is 18.2 Å². The van der Waals surface area contributed by atoms with E-state index in [2.05, 4.69) is 16.8 Å². The van der Waals surface area contributed by atoms with E-state index in [9.17, 15) is 28.2 Å². The normalized spacial score (nSPS) is 13.3. The summed E-state index contributed by atoms with van der Waals surface area (Å²) < 4.78 is 45.7. The van der Waals surface area contributed by atoms with E-state index < -0.39 is 23.5 Å². The van der Waals surface area contributed by atoms with Crippen molar-refractivity contribution >= 4 is 12.2 Å². The Morgan fingerprint density at radius 2 is 1.86 bits per heavy atom. The van der Waals surface area contributed by atoms with Gasteiger partial charge in [0.1, 0.15) is 11.5 Å². The minimum Gasteiger partial charge on any atom is -0.508 e. The maximum Gasteiger partial charge on any atom is 0.417 e. The van der Waals surface area contributed by atoms with Gasteiger partial charge < -0.3 is 14.9 Å². The van der Waals surface area contributed by atoms with Crippen molar-refractivity contribution in [2.24, 2.45) is 4.99 Å². The summed E-state index contributed by atoms with van der Waals surface area (Å²) in [5.74, 6) is 4.46. The number of aryl methyl sites for hydroxylation is 1. The molecule has 0 saturated heterocycles. The standard InChI is InChI=1S/C27H24F3NO4/c28-27(29,30)25-17-23(32)13-12-20(25)10-8-19-9-11-22(26(33)34)16-21(19)6-3-5-15-35-24-7-2-1-4-14-31-18-24/h1,4,9,11-14,16-18,32H,2-3,5-7,15H2,(H,33,34). The fourth-order valence-corrected chi connectivity index (χ4v) is 3.42. The number of ether oxygens (including phenoxy) is 1. The van der Waals surface area contributed by atoms with Gasteiger partial charge in [-0.25, -0.2) is 4.79 Å². The minimum atomic E-state index is -4.67. The lowest BCUT2D eigenvalue weighted by Crippen LogP contribution is -2.07. The second-order valence-corrected chi connectivity index (χ2v) is 7.82. The number of aromatic hydroxyl groups is 1. The zero-order chi connectivity index (χ0) is 25.3. The second-order valence-electron chi connectivity index (χ2n) is 7.82. The van der Waals surface area contributed by atoms with Crippen molar-refractivity contribution in [3.05, 3.63) is 88.3 Å². The topological polar surface area (TPSA) is 79.1 Å². The summed E-state index contributed by atoms with van der Waals surface area (Å²) in [4.78, 5) is 15.5. The number of carboxylic acids is 1. The van der Waals surface area contributed by atoms with Crippen LogP contribution in [-0.4, -0.2) is 29.0 Å². The Morgan fingerprint density at radius 3 is 2.63 bits per heavy atom. The van der Waals surface area contributed by atoms with E-state index in [0.29, 0.717) is 43.1 Å². The van der Waals surface area contributed by atoms with Crippen molar-refractivity contribution in [2.45, 2.75) is 38.3 Å². The molecule has 0 aliphatic carbocycles. The molecule has 5 nitrogen and oxygen atoms in total. The number of carbonyl (C=O) groups is 1. The average Bonchev–Trinajstić information content (AvgIpc) is 2.78. The molecule has 0 unspecified atom stereocenters. The molecule has 0 saturated carbocycles. The van der Waals surface area contributed by atoms with Crippen molar-refractivity contribution in [2.75, 3.05) is 6.61 Å². The number of halogens is 3. The Kier molecular flexibility index (Phi) is 8.74. The monoisotopic (exact) mass is 483 g/mol. The van der Waals surface area contributed by atoms with E-state index in [1.807, 2.05) is 12.2 Å². The highest BCUT2D eigenvalue weighted by Gasteiger charge is 2.33. The molecule has 2 aromatic carbocycles. The van der Waals surface area contributed by atoms with Gasteiger partial charge in [-0.2, -0.15) is 13.2 Å². The largest absolute Gasteiger partial charge is 0.508 e. The van der Waals surface area contributed by atoms with Crippen LogP contribution in [0.15, 0.2) is 65.5 Å². The summed E-state index contributed by atoms with van der Waals surface area (Å²) in [6.07, 6.45) is 6.05. The predicted octanol–water partition coefficient (Wildman–Crippen LogP) is 6.11. The Hall–Kier alpha value is -3.99. The molecule has 182 valence electrons. The molecule has 2 N–H and O–H groups in total. The average molecular weight is 483 g/mol. The molecule has 2 aromatic rings. The van der Waals surface area contributed by atoms with Gasteiger partial charge in [-0.05, 0) is 73.7 Å². The number of aliphatic imine (C=N–C) groups is 1. The number of aromatic carboxylic acids is 1. The second kappa shape index (κ2) is 11.9. The van der Waals surface area contributed by atoms with Crippen LogP contribution in [-0.2, 0) is 17.3 Å². The third kappa shape index (κ3) is 7.78. The lowest BCUT2D eigenvalue weighted by atomic mass is 9.98. The highest BCUT2D eigenvalue weighted by atomic mass is 19.4. The Bertz CT molecular complexity index is 1220. The number of nitrogens with zero attached hydrogens (tertiary/aromatic N) is 1. The number of unbranched alkanes of at least 4 members (excludes halogenated alkanes) is 1. The van der Waals surface area contributed by atoms with Gasteiger partial charge in [0.05, 0.1) is 23.9 Å². The third-order valence-corrected chi connectivity index (χ3v) is 5.20. The van der Waals surface area contributed by atoms with Gasteiger partial charge in [-0.1, -0.05) is 17.9 Å². The maximum absolute atomic E-state index is 13.3. The number of rotatable bonds is 7. The van der Waals surface area contributed by atoms with Crippen LogP contribution in [0.1, 0.15) is 58.3 Å². The minimum absolute atomic E-state index is 0.0769. The molecule has 1 aliphatic rings. The van der Waals surface area contributed by atoms with Gasteiger partial charge in [0.15, 0.2) is 0 Å². The first-order valence-electron chi connectivity index (χ1n) is 11.0. The first-order valence-corrected chi connectivity index (χ1v) is 11.0. The van der Waals surface area contributed by atoms with Crippen LogP contribution in [0.4, 0.5) is 13.2 Å². The molecule has 35 heavy (non-hydrogen) atoms. The van der Waals surface area contributed by atoms with E-state index in [0.717, 1.165) is 30.7 Å². The smallest absolute Gasteiger partial charge is 0.417 e. The number of hydrogen-bond acceptors (Lipinski definition) is 4. The van der Waals surface area contributed by atoms with Crippen molar-refractivity contribution in [1.29, 1.82) is 0 Å².